The Balaban J connectivity index is 1.53. The first kappa shape index (κ1) is 22.9. The van der Waals surface area contributed by atoms with Gasteiger partial charge in [-0.1, -0.05) is 89.3 Å². The molecule has 0 saturated carbocycles. The van der Waals surface area contributed by atoms with Gasteiger partial charge in [0, 0.05) is 23.7 Å². The molecule has 1 fully saturated rings. The van der Waals surface area contributed by atoms with Crippen LogP contribution in [-0.4, -0.2) is 32.0 Å². The fourth-order valence-corrected chi connectivity index (χ4v) is 5.65. The number of hydrogen-bond donors (Lipinski definition) is 1. The lowest BCUT2D eigenvalue weighted by Gasteiger charge is -2.22. The predicted molar refractivity (Wildman–Crippen MR) is 136 cm³/mol. The predicted octanol–water partition coefficient (Wildman–Crippen LogP) is 5.16. The number of rotatable bonds is 6. The van der Waals surface area contributed by atoms with Crippen molar-refractivity contribution in [2.45, 2.75) is 23.1 Å². The number of amides is 1. The van der Waals surface area contributed by atoms with Crippen molar-refractivity contribution in [3.63, 3.8) is 0 Å². The SMILES string of the molecule is Cc1ccc(/C(O)=C2\C(=O)C(=O)N(c3nnc(SCc4ccccc4)s3)C2c2cccnc2)cc1. The summed E-state index contributed by atoms with van der Waals surface area (Å²) in [7, 11) is 0. The van der Waals surface area contributed by atoms with Gasteiger partial charge in [0.15, 0.2) is 4.34 Å². The Morgan fingerprint density at radius 2 is 1.80 bits per heavy atom. The Morgan fingerprint density at radius 3 is 2.51 bits per heavy atom. The molecular formula is C26H20N4O3S2. The number of pyridine rings is 1. The van der Waals surface area contributed by atoms with Crippen molar-refractivity contribution < 1.29 is 14.7 Å². The van der Waals surface area contributed by atoms with Crippen molar-refractivity contribution in [2.75, 3.05) is 4.90 Å². The molecule has 1 aliphatic heterocycles. The highest BCUT2D eigenvalue weighted by atomic mass is 32.2. The second-order valence-corrected chi connectivity index (χ2v) is 10.1. The largest absolute Gasteiger partial charge is 0.507 e. The topological polar surface area (TPSA) is 96.3 Å². The van der Waals surface area contributed by atoms with Gasteiger partial charge in [-0.25, -0.2) is 0 Å². The summed E-state index contributed by atoms with van der Waals surface area (Å²) in [6.45, 7) is 1.93. The standard InChI is InChI=1S/C26H20N4O3S2/c1-16-9-11-18(12-10-16)22(31)20-21(19-8-5-13-27-14-19)30(24(33)23(20)32)25-28-29-26(35-25)34-15-17-6-3-2-4-7-17/h2-14,21,31H,15H2,1H3/b22-20+. The van der Waals surface area contributed by atoms with Crippen molar-refractivity contribution in [3.05, 3.63) is 107 Å². The minimum absolute atomic E-state index is 0.000502. The fraction of sp³-hybridized carbons (Fsp3) is 0.115. The molecule has 1 amide bonds. The molecule has 1 aliphatic rings. The first-order valence-corrected chi connectivity index (χ1v) is 12.6. The van der Waals surface area contributed by atoms with Gasteiger partial charge in [0.05, 0.1) is 11.6 Å². The van der Waals surface area contributed by atoms with E-state index in [0.29, 0.717) is 26.4 Å². The highest BCUT2D eigenvalue weighted by Gasteiger charge is 2.48. The average molecular weight is 501 g/mol. The van der Waals surface area contributed by atoms with Crippen LogP contribution in [0.2, 0.25) is 0 Å². The summed E-state index contributed by atoms with van der Waals surface area (Å²) in [4.78, 5) is 31.9. The number of aryl methyl sites for hydroxylation is 1. The van der Waals surface area contributed by atoms with Crippen molar-refractivity contribution in [1.82, 2.24) is 15.2 Å². The van der Waals surface area contributed by atoms with E-state index in [4.69, 9.17) is 0 Å². The lowest BCUT2D eigenvalue weighted by atomic mass is 9.96. The Kier molecular flexibility index (Phi) is 6.43. The van der Waals surface area contributed by atoms with Crippen LogP contribution in [0.3, 0.4) is 0 Å². The quantitative estimate of drug-likeness (QED) is 0.128. The Hall–Kier alpha value is -3.82. The molecule has 1 atom stereocenters. The summed E-state index contributed by atoms with van der Waals surface area (Å²) in [5, 5.41) is 19.9. The van der Waals surface area contributed by atoms with E-state index in [-0.39, 0.29) is 11.3 Å². The van der Waals surface area contributed by atoms with Gasteiger partial charge < -0.3 is 5.11 Å². The number of aliphatic hydroxyl groups excluding tert-OH is 1. The number of benzene rings is 2. The van der Waals surface area contributed by atoms with E-state index in [2.05, 4.69) is 15.2 Å². The lowest BCUT2D eigenvalue weighted by molar-refractivity contribution is -0.132. The summed E-state index contributed by atoms with van der Waals surface area (Å²) in [5.41, 5.74) is 3.21. The third kappa shape index (κ3) is 4.60. The molecule has 0 radical (unpaired) electrons. The van der Waals surface area contributed by atoms with Gasteiger partial charge >= 0.3 is 5.91 Å². The van der Waals surface area contributed by atoms with Crippen molar-refractivity contribution >= 4 is 45.7 Å². The first-order valence-electron chi connectivity index (χ1n) is 10.8. The third-order valence-electron chi connectivity index (χ3n) is 5.58. The van der Waals surface area contributed by atoms with Gasteiger partial charge in [-0.3, -0.25) is 19.5 Å². The number of carbonyl (C=O) groups is 2. The van der Waals surface area contributed by atoms with Gasteiger partial charge in [0.25, 0.3) is 5.78 Å². The molecule has 4 aromatic rings. The second-order valence-electron chi connectivity index (χ2n) is 7.95. The van der Waals surface area contributed by atoms with Crippen LogP contribution in [0.25, 0.3) is 5.76 Å². The van der Waals surface area contributed by atoms with Gasteiger partial charge in [-0.05, 0) is 24.1 Å². The molecule has 1 unspecified atom stereocenters. The van der Waals surface area contributed by atoms with Crippen LogP contribution in [0.5, 0.6) is 0 Å². The lowest BCUT2D eigenvalue weighted by Crippen LogP contribution is -2.29. The minimum atomic E-state index is -0.870. The molecule has 0 bridgehead atoms. The van der Waals surface area contributed by atoms with Crippen LogP contribution in [0.15, 0.2) is 89.0 Å². The first-order chi connectivity index (χ1) is 17.0. The van der Waals surface area contributed by atoms with Crippen LogP contribution in [-0.2, 0) is 15.3 Å². The average Bonchev–Trinajstić information content (AvgIpc) is 3.46. The van der Waals surface area contributed by atoms with Crippen LogP contribution in [0.4, 0.5) is 5.13 Å². The van der Waals surface area contributed by atoms with Crippen molar-refractivity contribution in [3.8, 4) is 0 Å². The molecular weight excluding hydrogens is 480 g/mol. The number of hydrogen-bond acceptors (Lipinski definition) is 8. The molecule has 0 aliphatic carbocycles. The van der Waals surface area contributed by atoms with E-state index in [1.54, 1.807) is 36.7 Å². The molecule has 35 heavy (non-hydrogen) atoms. The highest BCUT2D eigenvalue weighted by molar-refractivity contribution is 8.00. The number of thioether (sulfide) groups is 1. The normalized spacial score (nSPS) is 17.2. The maximum Gasteiger partial charge on any atom is 0.301 e. The van der Waals surface area contributed by atoms with Gasteiger partial charge in [-0.2, -0.15) is 0 Å². The highest BCUT2D eigenvalue weighted by Crippen LogP contribution is 2.43. The van der Waals surface area contributed by atoms with E-state index in [0.717, 1.165) is 11.1 Å². The fourth-order valence-electron chi connectivity index (χ4n) is 3.83. The second kappa shape index (κ2) is 9.81. The van der Waals surface area contributed by atoms with E-state index < -0.39 is 17.7 Å². The molecule has 1 N–H and O–H groups in total. The zero-order chi connectivity index (χ0) is 24.4. The third-order valence-corrected chi connectivity index (χ3v) is 7.70. The maximum absolute atomic E-state index is 13.2. The molecule has 9 heteroatoms. The molecule has 3 heterocycles. The number of carbonyl (C=O) groups excluding carboxylic acids is 2. The summed E-state index contributed by atoms with van der Waals surface area (Å²) >= 11 is 2.74. The van der Waals surface area contributed by atoms with Crippen LogP contribution in [0, 0.1) is 6.92 Å². The van der Waals surface area contributed by atoms with Crippen LogP contribution < -0.4 is 4.90 Å². The maximum atomic E-state index is 13.2. The van der Waals surface area contributed by atoms with Crippen LogP contribution >= 0.6 is 23.1 Å². The van der Waals surface area contributed by atoms with E-state index in [1.807, 2.05) is 49.4 Å². The minimum Gasteiger partial charge on any atom is -0.507 e. The van der Waals surface area contributed by atoms with E-state index >= 15 is 0 Å². The number of ketones is 1. The van der Waals surface area contributed by atoms with Crippen molar-refractivity contribution in [1.29, 1.82) is 0 Å². The Bertz CT molecular complexity index is 1400. The molecule has 7 nitrogen and oxygen atoms in total. The monoisotopic (exact) mass is 500 g/mol. The number of aliphatic hydroxyl groups is 1. The summed E-state index contributed by atoms with van der Waals surface area (Å²) in [6.07, 6.45) is 3.19. The summed E-state index contributed by atoms with van der Waals surface area (Å²) in [6, 6.07) is 19.7. The zero-order valence-electron chi connectivity index (χ0n) is 18.7. The number of Topliss-reactive ketones (excluding diaryl/α,β-unsaturated/α-hetero) is 1. The van der Waals surface area contributed by atoms with E-state index in [1.165, 1.54) is 28.0 Å². The van der Waals surface area contributed by atoms with Crippen molar-refractivity contribution in [2.24, 2.45) is 0 Å². The molecule has 1 saturated heterocycles. The van der Waals surface area contributed by atoms with Gasteiger partial charge in [0.1, 0.15) is 5.76 Å². The Labute approximate surface area is 210 Å². The molecule has 2 aromatic carbocycles. The summed E-state index contributed by atoms with van der Waals surface area (Å²) < 4.78 is 0.675. The number of anilines is 1. The zero-order valence-corrected chi connectivity index (χ0v) is 20.3. The molecule has 2 aromatic heterocycles. The number of aromatic nitrogens is 3. The van der Waals surface area contributed by atoms with E-state index in [9.17, 15) is 14.7 Å². The number of nitrogens with zero attached hydrogens (tertiary/aromatic N) is 4. The smallest absolute Gasteiger partial charge is 0.301 e. The van der Waals surface area contributed by atoms with Gasteiger partial charge in [0.2, 0.25) is 5.13 Å². The van der Waals surface area contributed by atoms with Crippen LogP contribution in [0.1, 0.15) is 28.3 Å². The molecule has 5 rings (SSSR count). The Morgan fingerprint density at radius 1 is 1.03 bits per heavy atom. The van der Waals surface area contributed by atoms with Gasteiger partial charge in [-0.15, -0.1) is 10.2 Å². The summed E-state index contributed by atoms with van der Waals surface area (Å²) in [5.74, 6) is -1.06. The molecule has 0 spiro atoms. The molecule has 174 valence electrons.